The molecule has 1 aliphatic heterocycles. The first-order valence-corrected chi connectivity index (χ1v) is 5.80. The summed E-state index contributed by atoms with van der Waals surface area (Å²) in [6.07, 6.45) is -0.223. The minimum Gasteiger partial charge on any atom is -0.325 e. The van der Waals surface area contributed by atoms with Crippen LogP contribution in [0, 0.1) is 11.3 Å². The smallest absolute Gasteiger partial charge is 0.128 e. The van der Waals surface area contributed by atoms with Crippen LogP contribution < -0.4 is 5.73 Å². The number of hydrogen-bond acceptors (Lipinski definition) is 3. The molecule has 1 heterocycles. The molecule has 2 N–H and O–H groups in total. The highest BCUT2D eigenvalue weighted by Gasteiger charge is 2.25. The lowest BCUT2D eigenvalue weighted by Gasteiger charge is -2.32. The van der Waals surface area contributed by atoms with Crippen molar-refractivity contribution >= 4 is 0 Å². The van der Waals surface area contributed by atoms with Gasteiger partial charge in [0.15, 0.2) is 0 Å². The van der Waals surface area contributed by atoms with Crippen molar-refractivity contribution < 1.29 is 4.39 Å². The second-order valence-corrected chi connectivity index (χ2v) is 4.51. The Kier molecular flexibility index (Phi) is 3.72. The van der Waals surface area contributed by atoms with E-state index in [1.807, 2.05) is 12.1 Å². The molecule has 90 valence electrons. The highest BCUT2D eigenvalue weighted by atomic mass is 19.1. The molecule has 0 saturated carbocycles. The lowest BCUT2D eigenvalue weighted by Crippen LogP contribution is -2.48. The summed E-state index contributed by atoms with van der Waals surface area (Å²) in [5, 5.41) is 8.69. The first kappa shape index (κ1) is 12.0. The molecule has 0 aliphatic carbocycles. The van der Waals surface area contributed by atoms with Gasteiger partial charge in [0, 0.05) is 25.7 Å². The zero-order valence-electron chi connectivity index (χ0n) is 9.64. The zero-order chi connectivity index (χ0) is 12.3. The number of hydrogen-bond donors (Lipinski definition) is 1. The molecule has 17 heavy (non-hydrogen) atoms. The molecule has 0 amide bonds. The van der Waals surface area contributed by atoms with E-state index in [-0.39, 0.29) is 6.04 Å². The molecule has 4 heteroatoms. The first-order valence-electron chi connectivity index (χ1n) is 5.80. The van der Waals surface area contributed by atoms with Gasteiger partial charge < -0.3 is 5.73 Å². The minimum atomic E-state index is -0.929. The minimum absolute atomic E-state index is 0.313. The molecule has 2 atom stereocenters. The molecule has 0 aromatic heterocycles. The lowest BCUT2D eigenvalue weighted by atomic mass is 10.0. The Hall–Kier alpha value is -1.44. The highest BCUT2D eigenvalue weighted by Crippen LogP contribution is 2.15. The lowest BCUT2D eigenvalue weighted by molar-refractivity contribution is 0.114. The molecular weight excluding hydrogens is 217 g/mol. The van der Waals surface area contributed by atoms with Gasteiger partial charge in [-0.15, -0.1) is 0 Å². The Morgan fingerprint density at radius 1 is 1.41 bits per heavy atom. The number of benzene rings is 1. The summed E-state index contributed by atoms with van der Waals surface area (Å²) < 4.78 is 13.4. The quantitative estimate of drug-likeness (QED) is 0.840. The second kappa shape index (κ2) is 5.26. The van der Waals surface area contributed by atoms with E-state index in [2.05, 4.69) is 11.0 Å². The van der Waals surface area contributed by atoms with E-state index in [1.54, 1.807) is 12.1 Å². The Labute approximate surface area is 101 Å². The van der Waals surface area contributed by atoms with Gasteiger partial charge in [-0.05, 0) is 24.1 Å². The summed E-state index contributed by atoms with van der Waals surface area (Å²) in [7, 11) is 0. The fraction of sp³-hybridized carbons (Fsp3) is 0.462. The predicted molar refractivity (Wildman–Crippen MR) is 63.9 cm³/mol. The highest BCUT2D eigenvalue weighted by molar-refractivity contribution is 5.31. The van der Waals surface area contributed by atoms with Gasteiger partial charge in [-0.25, -0.2) is 4.39 Å². The van der Waals surface area contributed by atoms with E-state index in [1.165, 1.54) is 0 Å². The van der Waals surface area contributed by atoms with Crippen molar-refractivity contribution in [3.8, 4) is 6.07 Å². The molecule has 1 saturated heterocycles. The average Bonchev–Trinajstić information content (AvgIpc) is 2.35. The number of halogens is 1. The molecular formula is C13H16FN3. The van der Waals surface area contributed by atoms with Crippen LogP contribution in [0.1, 0.15) is 17.5 Å². The van der Waals surface area contributed by atoms with Crippen molar-refractivity contribution in [1.82, 2.24) is 4.90 Å². The van der Waals surface area contributed by atoms with Gasteiger partial charge in [0.05, 0.1) is 11.6 Å². The van der Waals surface area contributed by atoms with Gasteiger partial charge in [-0.2, -0.15) is 5.26 Å². The number of likely N-dealkylation sites (tertiary alicyclic amines) is 1. The summed E-state index contributed by atoms with van der Waals surface area (Å²) in [5.74, 6) is 0. The average molecular weight is 233 g/mol. The van der Waals surface area contributed by atoms with Gasteiger partial charge in [0.2, 0.25) is 0 Å². The van der Waals surface area contributed by atoms with Crippen molar-refractivity contribution in [2.75, 3.05) is 13.1 Å². The van der Waals surface area contributed by atoms with E-state index >= 15 is 0 Å². The van der Waals surface area contributed by atoms with Crippen LogP contribution in [-0.4, -0.2) is 30.2 Å². The summed E-state index contributed by atoms with van der Waals surface area (Å²) >= 11 is 0. The molecule has 1 aliphatic rings. The van der Waals surface area contributed by atoms with Gasteiger partial charge in [0.1, 0.15) is 6.17 Å². The topological polar surface area (TPSA) is 53.0 Å². The van der Waals surface area contributed by atoms with Crippen molar-refractivity contribution in [3.63, 3.8) is 0 Å². The monoisotopic (exact) mass is 233 g/mol. The SMILES string of the molecule is N#Cc1ccc(CN2CCC(N)C(F)C2)cc1. The van der Waals surface area contributed by atoms with Crippen molar-refractivity contribution in [2.45, 2.75) is 25.2 Å². The molecule has 2 rings (SSSR count). The molecule has 0 radical (unpaired) electrons. The summed E-state index contributed by atoms with van der Waals surface area (Å²) in [6.45, 7) is 1.96. The maximum Gasteiger partial charge on any atom is 0.128 e. The Morgan fingerprint density at radius 3 is 2.71 bits per heavy atom. The van der Waals surface area contributed by atoms with E-state index in [0.717, 1.165) is 18.7 Å². The normalized spacial score (nSPS) is 25.5. The van der Waals surface area contributed by atoms with E-state index in [4.69, 9.17) is 11.0 Å². The number of nitrogens with zero attached hydrogens (tertiary/aromatic N) is 2. The summed E-state index contributed by atoms with van der Waals surface area (Å²) in [6, 6.07) is 9.18. The number of nitrogens with two attached hydrogens (primary N) is 1. The Balaban J connectivity index is 1.94. The Bertz CT molecular complexity index is 410. The molecule has 1 aromatic rings. The van der Waals surface area contributed by atoms with Gasteiger partial charge in [0.25, 0.3) is 0 Å². The predicted octanol–water partition coefficient (Wildman–Crippen LogP) is 1.43. The van der Waals surface area contributed by atoms with Gasteiger partial charge in [-0.3, -0.25) is 4.90 Å². The van der Waals surface area contributed by atoms with E-state index < -0.39 is 6.17 Å². The van der Waals surface area contributed by atoms with Crippen LogP contribution in [0.2, 0.25) is 0 Å². The molecule has 3 nitrogen and oxygen atoms in total. The number of piperidine rings is 1. The van der Waals surface area contributed by atoms with Crippen LogP contribution in [0.4, 0.5) is 4.39 Å². The van der Waals surface area contributed by atoms with E-state index in [0.29, 0.717) is 18.5 Å². The van der Waals surface area contributed by atoms with Crippen LogP contribution in [0.25, 0.3) is 0 Å². The second-order valence-electron chi connectivity index (χ2n) is 4.51. The fourth-order valence-corrected chi connectivity index (χ4v) is 2.07. The molecule has 0 spiro atoms. The van der Waals surface area contributed by atoms with Crippen LogP contribution in [0.5, 0.6) is 0 Å². The fourth-order valence-electron chi connectivity index (χ4n) is 2.07. The van der Waals surface area contributed by atoms with Crippen molar-refractivity contribution in [3.05, 3.63) is 35.4 Å². The maximum absolute atomic E-state index is 13.4. The standard InChI is InChI=1S/C13H16FN3/c14-12-9-17(6-5-13(12)16)8-11-3-1-10(7-15)2-4-11/h1-4,12-13H,5-6,8-9,16H2. The first-order chi connectivity index (χ1) is 8.19. The third-order valence-electron chi connectivity index (χ3n) is 3.17. The molecule has 1 fully saturated rings. The van der Waals surface area contributed by atoms with Crippen molar-refractivity contribution in [1.29, 1.82) is 5.26 Å². The largest absolute Gasteiger partial charge is 0.325 e. The number of rotatable bonds is 2. The molecule has 2 unspecified atom stereocenters. The molecule has 0 bridgehead atoms. The summed E-state index contributed by atoms with van der Waals surface area (Å²) in [5.41, 5.74) is 7.39. The van der Waals surface area contributed by atoms with E-state index in [9.17, 15) is 4.39 Å². The Morgan fingerprint density at radius 2 is 2.12 bits per heavy atom. The van der Waals surface area contributed by atoms with Crippen LogP contribution in [-0.2, 0) is 6.54 Å². The molecule has 1 aromatic carbocycles. The third-order valence-corrected chi connectivity index (χ3v) is 3.17. The van der Waals surface area contributed by atoms with Gasteiger partial charge in [-0.1, -0.05) is 12.1 Å². The zero-order valence-corrected chi connectivity index (χ0v) is 9.64. The summed E-state index contributed by atoms with van der Waals surface area (Å²) in [4.78, 5) is 2.06. The van der Waals surface area contributed by atoms with Crippen LogP contribution in [0.15, 0.2) is 24.3 Å². The maximum atomic E-state index is 13.4. The number of nitriles is 1. The van der Waals surface area contributed by atoms with Crippen LogP contribution in [0.3, 0.4) is 0 Å². The number of alkyl halides is 1. The van der Waals surface area contributed by atoms with Gasteiger partial charge >= 0.3 is 0 Å². The van der Waals surface area contributed by atoms with Crippen LogP contribution >= 0.6 is 0 Å². The third kappa shape index (κ3) is 3.02. The van der Waals surface area contributed by atoms with Crippen molar-refractivity contribution in [2.24, 2.45) is 5.73 Å².